The molecule has 3 N–H and O–H groups in total. The maximum Gasteiger partial charge on any atom is 0.253 e. The van der Waals surface area contributed by atoms with Crippen molar-refractivity contribution in [1.29, 1.82) is 0 Å². The lowest BCUT2D eigenvalue weighted by Gasteiger charge is -2.33. The van der Waals surface area contributed by atoms with Crippen LogP contribution in [0.5, 0.6) is 11.5 Å². The first-order valence-electron chi connectivity index (χ1n) is 8.94. The van der Waals surface area contributed by atoms with Crippen LogP contribution in [-0.2, 0) is 4.79 Å². The van der Waals surface area contributed by atoms with Crippen molar-refractivity contribution in [3.05, 3.63) is 23.8 Å². The van der Waals surface area contributed by atoms with E-state index in [1.165, 1.54) is 0 Å². The van der Waals surface area contributed by atoms with Gasteiger partial charge in [0.05, 0.1) is 14.2 Å². The van der Waals surface area contributed by atoms with Crippen LogP contribution >= 0.6 is 12.4 Å². The highest BCUT2D eigenvalue weighted by atomic mass is 35.5. The third kappa shape index (κ3) is 5.74. The summed E-state index contributed by atoms with van der Waals surface area (Å²) in [6, 6.07) is 5.06. The molecule has 2 amide bonds. The average molecular weight is 400 g/mol. The summed E-state index contributed by atoms with van der Waals surface area (Å²) in [5, 5.41) is 3.04. The summed E-state index contributed by atoms with van der Waals surface area (Å²) in [6.45, 7) is 4.86. The van der Waals surface area contributed by atoms with Crippen molar-refractivity contribution in [3.8, 4) is 11.5 Å². The normalized spacial score (nSPS) is 16.7. The van der Waals surface area contributed by atoms with Crippen LogP contribution in [0.4, 0.5) is 0 Å². The number of nitrogens with two attached hydrogens (primary N) is 1. The number of rotatable bonds is 6. The maximum absolute atomic E-state index is 12.7. The van der Waals surface area contributed by atoms with Crippen molar-refractivity contribution in [2.45, 2.75) is 38.8 Å². The van der Waals surface area contributed by atoms with Gasteiger partial charge in [-0.2, -0.15) is 0 Å². The maximum atomic E-state index is 12.7. The zero-order valence-corrected chi connectivity index (χ0v) is 17.2. The number of nitrogens with one attached hydrogen (secondary N) is 1. The predicted molar refractivity (Wildman–Crippen MR) is 107 cm³/mol. The van der Waals surface area contributed by atoms with Gasteiger partial charge in [0.1, 0.15) is 0 Å². The molecule has 2 unspecified atom stereocenters. The molecule has 1 fully saturated rings. The molecule has 1 aliphatic rings. The van der Waals surface area contributed by atoms with Gasteiger partial charge in [0.25, 0.3) is 5.91 Å². The first kappa shape index (κ1) is 23.0. The molecule has 1 saturated heterocycles. The topological polar surface area (TPSA) is 93.9 Å². The van der Waals surface area contributed by atoms with Gasteiger partial charge in [0.2, 0.25) is 5.91 Å². The van der Waals surface area contributed by atoms with Crippen molar-refractivity contribution in [2.24, 2.45) is 11.7 Å². The number of nitrogens with zero attached hydrogens (tertiary/aromatic N) is 1. The lowest BCUT2D eigenvalue weighted by atomic mass is 10.00. The Morgan fingerprint density at radius 1 is 1.15 bits per heavy atom. The molecule has 2 atom stereocenters. The quantitative estimate of drug-likeness (QED) is 0.761. The third-order valence-corrected chi connectivity index (χ3v) is 4.96. The van der Waals surface area contributed by atoms with E-state index < -0.39 is 0 Å². The van der Waals surface area contributed by atoms with Crippen LogP contribution in [0.15, 0.2) is 18.2 Å². The van der Waals surface area contributed by atoms with E-state index in [9.17, 15) is 9.59 Å². The molecular weight excluding hydrogens is 370 g/mol. The van der Waals surface area contributed by atoms with E-state index in [2.05, 4.69) is 5.32 Å². The molecule has 1 heterocycles. The van der Waals surface area contributed by atoms with E-state index in [1.807, 2.05) is 13.8 Å². The molecule has 1 aromatic rings. The molecule has 8 heteroatoms. The van der Waals surface area contributed by atoms with E-state index in [0.29, 0.717) is 30.2 Å². The Hall–Kier alpha value is -1.99. The lowest BCUT2D eigenvalue weighted by molar-refractivity contribution is -0.125. The predicted octanol–water partition coefficient (Wildman–Crippen LogP) is 1.83. The fourth-order valence-electron chi connectivity index (χ4n) is 2.95. The van der Waals surface area contributed by atoms with Crippen molar-refractivity contribution in [2.75, 3.05) is 27.3 Å². The van der Waals surface area contributed by atoms with Crippen LogP contribution in [0.25, 0.3) is 0 Å². The van der Waals surface area contributed by atoms with Crippen LogP contribution in [0.2, 0.25) is 0 Å². The van der Waals surface area contributed by atoms with Crippen LogP contribution in [0.1, 0.15) is 37.0 Å². The zero-order chi connectivity index (χ0) is 19.3. The molecular formula is C19H30ClN3O4. The second kappa shape index (κ2) is 10.4. The van der Waals surface area contributed by atoms with Crippen LogP contribution < -0.4 is 20.5 Å². The fourth-order valence-corrected chi connectivity index (χ4v) is 2.95. The van der Waals surface area contributed by atoms with Crippen molar-refractivity contribution >= 4 is 24.2 Å². The highest BCUT2D eigenvalue weighted by molar-refractivity contribution is 5.95. The molecule has 0 aliphatic carbocycles. The minimum atomic E-state index is -0.221. The Balaban J connectivity index is 0.00000364. The Bertz CT molecular complexity index is 646. The number of hydrogen-bond donors (Lipinski definition) is 2. The van der Waals surface area contributed by atoms with Gasteiger partial charge in [0.15, 0.2) is 11.5 Å². The summed E-state index contributed by atoms with van der Waals surface area (Å²) in [5.74, 6) is 0.838. The molecule has 152 valence electrons. The van der Waals surface area contributed by atoms with Crippen LogP contribution in [0.3, 0.4) is 0 Å². The fraction of sp³-hybridized carbons (Fsp3) is 0.579. The number of likely N-dealkylation sites (tertiary alicyclic amines) is 1. The highest BCUT2D eigenvalue weighted by Gasteiger charge is 2.27. The number of hydrogen-bond acceptors (Lipinski definition) is 5. The number of methoxy groups -OCH3 is 2. The minimum Gasteiger partial charge on any atom is -0.493 e. The monoisotopic (exact) mass is 399 g/mol. The highest BCUT2D eigenvalue weighted by Crippen LogP contribution is 2.28. The van der Waals surface area contributed by atoms with Gasteiger partial charge >= 0.3 is 0 Å². The molecule has 0 aromatic heterocycles. The summed E-state index contributed by atoms with van der Waals surface area (Å²) >= 11 is 0. The van der Waals surface area contributed by atoms with E-state index in [0.717, 1.165) is 12.8 Å². The van der Waals surface area contributed by atoms with Gasteiger partial charge in [-0.3, -0.25) is 9.59 Å². The number of carbonyl (C=O) groups excluding carboxylic acids is 2. The summed E-state index contributed by atoms with van der Waals surface area (Å²) < 4.78 is 10.5. The molecule has 0 radical (unpaired) electrons. The number of piperidine rings is 1. The van der Waals surface area contributed by atoms with Gasteiger partial charge in [-0.1, -0.05) is 6.92 Å². The van der Waals surface area contributed by atoms with Crippen LogP contribution in [0, 0.1) is 5.92 Å². The molecule has 27 heavy (non-hydrogen) atoms. The van der Waals surface area contributed by atoms with Crippen molar-refractivity contribution < 1.29 is 19.1 Å². The Morgan fingerprint density at radius 2 is 1.74 bits per heavy atom. The Kier molecular flexibility index (Phi) is 8.85. The first-order chi connectivity index (χ1) is 12.4. The summed E-state index contributed by atoms with van der Waals surface area (Å²) in [5.41, 5.74) is 6.35. The number of amides is 2. The van der Waals surface area contributed by atoms with Gasteiger partial charge in [-0.15, -0.1) is 12.4 Å². The zero-order valence-electron chi connectivity index (χ0n) is 16.4. The van der Waals surface area contributed by atoms with Gasteiger partial charge in [-0.25, -0.2) is 0 Å². The molecule has 1 aliphatic heterocycles. The number of halogens is 1. The van der Waals surface area contributed by atoms with Crippen LogP contribution in [-0.4, -0.2) is 56.1 Å². The van der Waals surface area contributed by atoms with Crippen molar-refractivity contribution in [1.82, 2.24) is 10.2 Å². The lowest BCUT2D eigenvalue weighted by Crippen LogP contribution is -2.49. The Morgan fingerprint density at radius 3 is 2.26 bits per heavy atom. The summed E-state index contributed by atoms with van der Waals surface area (Å²) in [6.07, 6.45) is 1.47. The van der Waals surface area contributed by atoms with Gasteiger partial charge in [-0.05, 0) is 38.0 Å². The van der Waals surface area contributed by atoms with Gasteiger partial charge < -0.3 is 25.4 Å². The largest absolute Gasteiger partial charge is 0.493 e. The van der Waals surface area contributed by atoms with E-state index in [1.54, 1.807) is 37.3 Å². The molecule has 0 saturated carbocycles. The molecule has 2 rings (SSSR count). The second-order valence-corrected chi connectivity index (χ2v) is 6.79. The first-order valence-corrected chi connectivity index (χ1v) is 8.94. The van der Waals surface area contributed by atoms with E-state index in [4.69, 9.17) is 15.2 Å². The van der Waals surface area contributed by atoms with Crippen molar-refractivity contribution in [3.63, 3.8) is 0 Å². The number of benzene rings is 1. The second-order valence-electron chi connectivity index (χ2n) is 6.79. The smallest absolute Gasteiger partial charge is 0.253 e. The molecule has 0 bridgehead atoms. The van der Waals surface area contributed by atoms with E-state index >= 15 is 0 Å². The standard InChI is InChI=1S/C19H29N3O4.ClH/c1-12(13(2)20)18(23)21-15-7-9-22(10-8-15)19(24)14-5-6-16(25-3)17(11-14)26-4;/h5-6,11-13,15H,7-10,20H2,1-4H3,(H,21,23);1H. The molecule has 1 aromatic carbocycles. The SMILES string of the molecule is COc1ccc(C(=O)N2CCC(NC(=O)C(C)C(C)N)CC2)cc1OC.Cl. The number of ether oxygens (including phenoxy) is 2. The number of carbonyl (C=O) groups is 2. The molecule has 0 spiro atoms. The summed E-state index contributed by atoms with van der Waals surface area (Å²) in [7, 11) is 3.11. The minimum absolute atomic E-state index is 0. The van der Waals surface area contributed by atoms with Gasteiger partial charge in [0, 0.05) is 36.7 Å². The van der Waals surface area contributed by atoms with E-state index in [-0.39, 0.29) is 42.2 Å². The molecule has 7 nitrogen and oxygen atoms in total. The Labute approximate surface area is 167 Å². The third-order valence-electron chi connectivity index (χ3n) is 4.96. The summed E-state index contributed by atoms with van der Waals surface area (Å²) in [4.78, 5) is 26.6. The average Bonchev–Trinajstić information content (AvgIpc) is 2.66.